The van der Waals surface area contributed by atoms with E-state index in [0.717, 1.165) is 11.8 Å². The van der Waals surface area contributed by atoms with Gasteiger partial charge in [0, 0.05) is 0 Å². The molecule has 1 rings (SSSR count). The highest BCUT2D eigenvalue weighted by atomic mass is 14.2. The van der Waals surface area contributed by atoms with Crippen molar-refractivity contribution in [1.29, 1.82) is 0 Å². The highest BCUT2D eigenvalue weighted by molar-refractivity contribution is 4.67. The normalized spacial score (nSPS) is 33.5. The van der Waals surface area contributed by atoms with E-state index in [1.165, 1.54) is 51.4 Å². The van der Waals surface area contributed by atoms with E-state index in [-0.39, 0.29) is 0 Å². The van der Waals surface area contributed by atoms with Crippen molar-refractivity contribution in [1.82, 2.24) is 0 Å². The van der Waals surface area contributed by atoms with Crippen molar-refractivity contribution < 1.29 is 0 Å². The van der Waals surface area contributed by atoms with Crippen molar-refractivity contribution in [3.05, 3.63) is 0 Å². The molecule has 1 fully saturated rings. The van der Waals surface area contributed by atoms with E-state index in [1.807, 2.05) is 0 Å². The summed E-state index contributed by atoms with van der Waals surface area (Å²) in [6.07, 6.45) is 11.8. The van der Waals surface area contributed by atoms with Gasteiger partial charge in [-0.1, -0.05) is 65.2 Å². The van der Waals surface area contributed by atoms with Crippen LogP contribution in [0.15, 0.2) is 0 Å². The van der Waals surface area contributed by atoms with E-state index in [4.69, 9.17) is 0 Å². The second-order valence-corrected chi connectivity index (χ2v) is 4.49. The molecule has 0 N–H and O–H groups in total. The van der Waals surface area contributed by atoms with E-state index < -0.39 is 0 Å². The van der Waals surface area contributed by atoms with Crippen molar-refractivity contribution in [3.63, 3.8) is 0 Å². The predicted octanol–water partition coefficient (Wildman–Crippen LogP) is 4.39. The second kappa shape index (κ2) is 5.61. The SMILES string of the molecule is CCC1CCCCCCCC1C. The summed E-state index contributed by atoms with van der Waals surface area (Å²) in [6, 6.07) is 0. The van der Waals surface area contributed by atoms with Crippen LogP contribution in [0.5, 0.6) is 0 Å². The minimum atomic E-state index is 0.994. The van der Waals surface area contributed by atoms with Gasteiger partial charge < -0.3 is 0 Å². The number of hydrogen-bond acceptors (Lipinski definition) is 0. The van der Waals surface area contributed by atoms with E-state index in [0.29, 0.717) is 0 Å². The molecule has 0 radical (unpaired) electrons. The summed E-state index contributed by atoms with van der Waals surface area (Å²) in [6.45, 7) is 4.82. The first kappa shape index (κ1) is 10.1. The lowest BCUT2D eigenvalue weighted by atomic mass is 9.85. The Morgan fingerprint density at radius 3 is 2.17 bits per heavy atom. The number of rotatable bonds is 1. The smallest absolute Gasteiger partial charge is 0.0391 e. The van der Waals surface area contributed by atoms with Crippen LogP contribution in [-0.4, -0.2) is 0 Å². The zero-order valence-electron chi connectivity index (χ0n) is 8.81. The molecule has 2 atom stereocenters. The Hall–Kier alpha value is 0. The van der Waals surface area contributed by atoms with Crippen LogP contribution in [0.25, 0.3) is 0 Å². The topological polar surface area (TPSA) is 0 Å². The van der Waals surface area contributed by atoms with Gasteiger partial charge in [-0.15, -0.1) is 0 Å². The van der Waals surface area contributed by atoms with Crippen molar-refractivity contribution in [3.8, 4) is 0 Å². The van der Waals surface area contributed by atoms with Gasteiger partial charge in [-0.3, -0.25) is 0 Å². The van der Waals surface area contributed by atoms with E-state index in [9.17, 15) is 0 Å². The van der Waals surface area contributed by atoms with Crippen molar-refractivity contribution in [2.24, 2.45) is 11.8 Å². The van der Waals surface area contributed by atoms with Crippen LogP contribution in [0, 0.1) is 11.8 Å². The molecule has 1 aliphatic carbocycles. The lowest BCUT2D eigenvalue weighted by Crippen LogP contribution is -2.10. The highest BCUT2D eigenvalue weighted by Crippen LogP contribution is 2.28. The van der Waals surface area contributed by atoms with Gasteiger partial charge in [-0.25, -0.2) is 0 Å². The molecule has 0 heterocycles. The summed E-state index contributed by atoms with van der Waals surface area (Å²) >= 11 is 0. The molecule has 2 unspecified atom stereocenters. The molecule has 0 aliphatic heterocycles. The summed E-state index contributed by atoms with van der Waals surface area (Å²) in [5.41, 5.74) is 0. The first-order valence-electron chi connectivity index (χ1n) is 5.84. The molecular weight excluding hydrogens is 144 g/mol. The fourth-order valence-corrected chi connectivity index (χ4v) is 2.53. The van der Waals surface area contributed by atoms with Gasteiger partial charge in [0.05, 0.1) is 0 Å². The number of hydrogen-bond donors (Lipinski definition) is 0. The van der Waals surface area contributed by atoms with E-state index >= 15 is 0 Å². The molecule has 0 bridgehead atoms. The van der Waals surface area contributed by atoms with E-state index in [2.05, 4.69) is 13.8 Å². The Labute approximate surface area is 77.7 Å². The third-order valence-electron chi connectivity index (χ3n) is 3.56. The van der Waals surface area contributed by atoms with Crippen molar-refractivity contribution in [2.45, 2.75) is 65.2 Å². The molecular formula is C12H24. The predicted molar refractivity (Wildman–Crippen MR) is 55.3 cm³/mol. The molecule has 0 heteroatoms. The van der Waals surface area contributed by atoms with Crippen LogP contribution < -0.4 is 0 Å². The van der Waals surface area contributed by atoms with Crippen LogP contribution in [0.4, 0.5) is 0 Å². The lowest BCUT2D eigenvalue weighted by molar-refractivity contribution is 0.304. The fraction of sp³-hybridized carbons (Fsp3) is 1.00. The minimum Gasteiger partial charge on any atom is -0.0651 e. The Kier molecular flexibility index (Phi) is 4.72. The molecule has 0 aromatic carbocycles. The lowest BCUT2D eigenvalue weighted by Gasteiger charge is -2.21. The van der Waals surface area contributed by atoms with Gasteiger partial charge in [0.15, 0.2) is 0 Å². The van der Waals surface area contributed by atoms with Gasteiger partial charge >= 0.3 is 0 Å². The van der Waals surface area contributed by atoms with Crippen molar-refractivity contribution >= 4 is 0 Å². The molecule has 0 amide bonds. The summed E-state index contributed by atoms with van der Waals surface area (Å²) in [5.74, 6) is 2.02. The molecule has 12 heavy (non-hydrogen) atoms. The molecule has 0 aromatic rings. The van der Waals surface area contributed by atoms with Gasteiger partial charge in [0.2, 0.25) is 0 Å². The molecule has 0 spiro atoms. The van der Waals surface area contributed by atoms with E-state index in [1.54, 1.807) is 0 Å². The Balaban J connectivity index is 2.35. The highest BCUT2D eigenvalue weighted by Gasteiger charge is 2.15. The minimum absolute atomic E-state index is 0.994. The van der Waals surface area contributed by atoms with Gasteiger partial charge in [-0.05, 0) is 11.8 Å². The zero-order chi connectivity index (χ0) is 8.81. The van der Waals surface area contributed by atoms with Crippen molar-refractivity contribution in [2.75, 3.05) is 0 Å². The average molecular weight is 168 g/mol. The average Bonchev–Trinajstić information content (AvgIpc) is 2.17. The molecule has 1 saturated carbocycles. The van der Waals surface area contributed by atoms with Crippen LogP contribution in [0.3, 0.4) is 0 Å². The summed E-state index contributed by atoms with van der Waals surface area (Å²) in [5, 5.41) is 0. The van der Waals surface area contributed by atoms with Crippen LogP contribution in [0.2, 0.25) is 0 Å². The maximum Gasteiger partial charge on any atom is -0.0391 e. The first-order valence-corrected chi connectivity index (χ1v) is 5.84. The summed E-state index contributed by atoms with van der Waals surface area (Å²) < 4.78 is 0. The fourth-order valence-electron chi connectivity index (χ4n) is 2.53. The van der Waals surface area contributed by atoms with Crippen LogP contribution >= 0.6 is 0 Å². The second-order valence-electron chi connectivity index (χ2n) is 4.49. The van der Waals surface area contributed by atoms with Gasteiger partial charge in [0.1, 0.15) is 0 Å². The van der Waals surface area contributed by atoms with Gasteiger partial charge in [0.25, 0.3) is 0 Å². The van der Waals surface area contributed by atoms with Crippen LogP contribution in [0.1, 0.15) is 65.2 Å². The maximum atomic E-state index is 2.46. The molecule has 0 aromatic heterocycles. The standard InChI is InChI=1S/C12H24/c1-3-12-10-8-6-4-5-7-9-11(12)2/h11-12H,3-10H2,1-2H3. The Morgan fingerprint density at radius 2 is 1.50 bits per heavy atom. The monoisotopic (exact) mass is 168 g/mol. The first-order chi connectivity index (χ1) is 5.84. The molecule has 72 valence electrons. The molecule has 0 nitrogen and oxygen atoms in total. The largest absolute Gasteiger partial charge is 0.0651 e. The van der Waals surface area contributed by atoms with Crippen LogP contribution in [-0.2, 0) is 0 Å². The zero-order valence-corrected chi connectivity index (χ0v) is 8.81. The third-order valence-corrected chi connectivity index (χ3v) is 3.56. The summed E-state index contributed by atoms with van der Waals surface area (Å²) in [7, 11) is 0. The Bertz CT molecular complexity index is 107. The summed E-state index contributed by atoms with van der Waals surface area (Å²) in [4.78, 5) is 0. The van der Waals surface area contributed by atoms with Gasteiger partial charge in [-0.2, -0.15) is 0 Å². The Morgan fingerprint density at radius 1 is 0.917 bits per heavy atom. The quantitative estimate of drug-likeness (QED) is 0.544. The maximum absolute atomic E-state index is 2.46. The molecule has 0 saturated heterocycles. The third kappa shape index (κ3) is 3.16. The molecule has 1 aliphatic rings.